The van der Waals surface area contributed by atoms with E-state index < -0.39 is 5.97 Å². The minimum absolute atomic E-state index is 0.218. The van der Waals surface area contributed by atoms with Crippen LogP contribution in [0.3, 0.4) is 0 Å². The summed E-state index contributed by atoms with van der Waals surface area (Å²) < 4.78 is 10.5. The van der Waals surface area contributed by atoms with Gasteiger partial charge in [0.2, 0.25) is 0 Å². The monoisotopic (exact) mass is 302 g/mol. The van der Waals surface area contributed by atoms with E-state index in [9.17, 15) is 4.79 Å². The van der Waals surface area contributed by atoms with Crippen LogP contribution in [-0.2, 0) is 4.79 Å². The third-order valence-corrected chi connectivity index (χ3v) is 3.12. The summed E-state index contributed by atoms with van der Waals surface area (Å²) in [7, 11) is 0. The van der Waals surface area contributed by atoms with Crippen LogP contribution in [0.5, 0.6) is 11.5 Å². The largest absolute Gasteiger partial charge is 0.480 e. The van der Waals surface area contributed by atoms with E-state index in [2.05, 4.69) is 9.97 Å². The Balaban J connectivity index is 1.62. The third-order valence-electron chi connectivity index (χ3n) is 2.81. The molecule has 3 aromatic rings. The van der Waals surface area contributed by atoms with Crippen molar-refractivity contribution in [2.24, 2.45) is 0 Å². The zero-order chi connectivity index (χ0) is 14.7. The second-order valence-electron chi connectivity index (χ2n) is 4.27. The van der Waals surface area contributed by atoms with Crippen molar-refractivity contribution in [2.45, 2.75) is 0 Å². The summed E-state index contributed by atoms with van der Waals surface area (Å²) in [5.41, 5.74) is 1.61. The molecule has 0 fully saturated rings. The highest BCUT2D eigenvalue weighted by molar-refractivity contribution is 6.32. The van der Waals surface area contributed by atoms with Crippen LogP contribution in [0.4, 0.5) is 0 Å². The first kappa shape index (κ1) is 13.5. The Hall–Kier alpha value is -2.53. The van der Waals surface area contributed by atoms with Gasteiger partial charge in [0.25, 0.3) is 0 Å². The number of hydrogen-bond donors (Lipinski definition) is 1. The molecular weight excluding hydrogens is 292 g/mol. The van der Waals surface area contributed by atoms with Crippen molar-refractivity contribution in [3.8, 4) is 11.5 Å². The molecule has 0 amide bonds. The van der Waals surface area contributed by atoms with Crippen molar-refractivity contribution < 1.29 is 14.3 Å². The van der Waals surface area contributed by atoms with Crippen molar-refractivity contribution in [3.05, 3.63) is 53.8 Å². The number of nitrogens with zero attached hydrogens (tertiary/aromatic N) is 1. The number of ether oxygens (including phenoxy) is 2. The van der Waals surface area contributed by atoms with Gasteiger partial charge in [-0.3, -0.25) is 0 Å². The molecule has 1 aromatic heterocycles. The second-order valence-corrected chi connectivity index (χ2v) is 4.68. The van der Waals surface area contributed by atoms with E-state index in [0.29, 0.717) is 16.5 Å². The molecule has 106 valence electrons. The van der Waals surface area contributed by atoms with Gasteiger partial charge in [0.1, 0.15) is 11.5 Å². The van der Waals surface area contributed by atoms with Crippen LogP contribution < -0.4 is 9.47 Å². The van der Waals surface area contributed by atoms with E-state index >= 15 is 0 Å². The van der Waals surface area contributed by atoms with E-state index in [-0.39, 0.29) is 6.61 Å². The molecule has 0 aliphatic heterocycles. The number of H-pyrrole nitrogens is 1. The molecule has 0 saturated heterocycles. The van der Waals surface area contributed by atoms with Crippen LogP contribution in [-0.4, -0.2) is 22.5 Å². The summed E-state index contributed by atoms with van der Waals surface area (Å²) in [6.07, 6.45) is 1.58. The lowest BCUT2D eigenvalue weighted by molar-refractivity contribution is -0.136. The smallest absolute Gasteiger partial charge is 0.349 e. The van der Waals surface area contributed by atoms with Crippen molar-refractivity contribution in [2.75, 3.05) is 6.61 Å². The lowest BCUT2D eigenvalue weighted by Crippen LogP contribution is -2.17. The van der Waals surface area contributed by atoms with E-state index in [1.807, 2.05) is 0 Å². The Labute approximate surface area is 125 Å². The standard InChI is InChI=1S/C15H11ClN2O3/c16-11-3-1-2-4-14(11)20-8-15(19)21-10-5-6-12-13(7-10)18-9-17-12/h1-7,9H,8H2,(H,17,18). The number of imidazole rings is 1. The van der Waals surface area contributed by atoms with Crippen LogP contribution in [0.2, 0.25) is 5.02 Å². The van der Waals surface area contributed by atoms with Crippen LogP contribution in [0.15, 0.2) is 48.8 Å². The fourth-order valence-corrected chi connectivity index (χ4v) is 2.03. The average Bonchev–Trinajstić information content (AvgIpc) is 2.94. The maximum Gasteiger partial charge on any atom is 0.349 e. The molecule has 21 heavy (non-hydrogen) atoms. The average molecular weight is 303 g/mol. The van der Waals surface area contributed by atoms with Gasteiger partial charge >= 0.3 is 5.97 Å². The van der Waals surface area contributed by atoms with Crippen molar-refractivity contribution in [3.63, 3.8) is 0 Å². The van der Waals surface area contributed by atoms with Crippen molar-refractivity contribution >= 4 is 28.6 Å². The molecule has 1 N–H and O–H groups in total. The highest BCUT2D eigenvalue weighted by Gasteiger charge is 2.09. The number of aromatic nitrogens is 2. The minimum atomic E-state index is -0.506. The predicted octanol–water partition coefficient (Wildman–Crippen LogP) is 3.20. The number of halogens is 1. The van der Waals surface area contributed by atoms with Crippen LogP contribution in [0, 0.1) is 0 Å². The predicted molar refractivity (Wildman–Crippen MR) is 78.7 cm³/mol. The third kappa shape index (κ3) is 3.14. The molecule has 0 aliphatic carbocycles. The highest BCUT2D eigenvalue weighted by Crippen LogP contribution is 2.23. The zero-order valence-electron chi connectivity index (χ0n) is 10.9. The van der Waals surface area contributed by atoms with Crippen molar-refractivity contribution in [1.82, 2.24) is 9.97 Å². The quantitative estimate of drug-likeness (QED) is 0.594. The topological polar surface area (TPSA) is 64.2 Å². The summed E-state index contributed by atoms with van der Waals surface area (Å²) in [5.74, 6) is 0.369. The molecule has 0 radical (unpaired) electrons. The summed E-state index contributed by atoms with van der Waals surface area (Å²) in [5, 5.41) is 0.448. The second kappa shape index (κ2) is 5.85. The number of carbonyl (C=O) groups excluding carboxylic acids is 1. The Morgan fingerprint density at radius 3 is 2.95 bits per heavy atom. The summed E-state index contributed by atoms with van der Waals surface area (Å²) in [6, 6.07) is 12.1. The van der Waals surface area contributed by atoms with Gasteiger partial charge in [0.05, 0.1) is 22.4 Å². The maximum absolute atomic E-state index is 11.8. The molecule has 0 saturated carbocycles. The number of hydrogen-bond acceptors (Lipinski definition) is 4. The Morgan fingerprint density at radius 2 is 2.10 bits per heavy atom. The number of para-hydroxylation sites is 1. The summed E-state index contributed by atoms with van der Waals surface area (Å²) in [4.78, 5) is 18.8. The van der Waals surface area contributed by atoms with Gasteiger partial charge < -0.3 is 14.5 Å². The normalized spacial score (nSPS) is 10.5. The fraction of sp³-hybridized carbons (Fsp3) is 0.0667. The van der Waals surface area contributed by atoms with Gasteiger partial charge in [0, 0.05) is 6.07 Å². The van der Waals surface area contributed by atoms with Gasteiger partial charge in [-0.05, 0) is 24.3 Å². The number of rotatable bonds is 4. The molecule has 0 aliphatic rings. The molecule has 0 atom stereocenters. The van der Waals surface area contributed by atoms with Gasteiger partial charge in [-0.2, -0.15) is 0 Å². The molecule has 2 aromatic carbocycles. The van der Waals surface area contributed by atoms with E-state index in [1.165, 1.54) is 0 Å². The number of fused-ring (bicyclic) bond motifs is 1. The number of carbonyl (C=O) groups is 1. The van der Waals surface area contributed by atoms with Gasteiger partial charge in [-0.1, -0.05) is 23.7 Å². The van der Waals surface area contributed by atoms with Crippen LogP contribution >= 0.6 is 11.6 Å². The first-order valence-electron chi connectivity index (χ1n) is 6.23. The number of benzene rings is 2. The Bertz CT molecular complexity index is 785. The number of esters is 1. The van der Waals surface area contributed by atoms with E-state index in [4.69, 9.17) is 21.1 Å². The van der Waals surface area contributed by atoms with Gasteiger partial charge in [-0.15, -0.1) is 0 Å². The SMILES string of the molecule is O=C(COc1ccccc1Cl)Oc1ccc2nc[nH]c2c1. The summed E-state index contributed by atoms with van der Waals surface area (Å²) in [6.45, 7) is -0.218. The molecule has 0 spiro atoms. The lowest BCUT2D eigenvalue weighted by Gasteiger charge is -2.07. The molecule has 0 bridgehead atoms. The minimum Gasteiger partial charge on any atom is -0.480 e. The Morgan fingerprint density at radius 1 is 1.24 bits per heavy atom. The van der Waals surface area contributed by atoms with Crippen LogP contribution in [0.25, 0.3) is 11.0 Å². The first-order valence-corrected chi connectivity index (χ1v) is 6.61. The Kier molecular flexibility index (Phi) is 3.75. The summed E-state index contributed by atoms with van der Waals surface area (Å²) >= 11 is 5.93. The molecule has 6 heteroatoms. The van der Waals surface area contributed by atoms with Gasteiger partial charge in [0.15, 0.2) is 6.61 Å². The molecule has 0 unspecified atom stereocenters. The van der Waals surface area contributed by atoms with Gasteiger partial charge in [-0.25, -0.2) is 9.78 Å². The number of aromatic amines is 1. The van der Waals surface area contributed by atoms with E-state index in [1.54, 1.807) is 48.8 Å². The molecule has 3 rings (SSSR count). The highest BCUT2D eigenvalue weighted by atomic mass is 35.5. The fourth-order valence-electron chi connectivity index (χ4n) is 1.84. The number of nitrogens with one attached hydrogen (secondary N) is 1. The van der Waals surface area contributed by atoms with Crippen molar-refractivity contribution in [1.29, 1.82) is 0 Å². The van der Waals surface area contributed by atoms with E-state index in [0.717, 1.165) is 11.0 Å². The molecule has 1 heterocycles. The molecule has 5 nitrogen and oxygen atoms in total. The molecular formula is C15H11ClN2O3. The maximum atomic E-state index is 11.8. The zero-order valence-corrected chi connectivity index (χ0v) is 11.6. The lowest BCUT2D eigenvalue weighted by atomic mass is 10.3. The first-order chi connectivity index (χ1) is 10.2. The van der Waals surface area contributed by atoms with Crippen LogP contribution in [0.1, 0.15) is 0 Å².